The van der Waals surface area contributed by atoms with Crippen molar-refractivity contribution in [2.24, 2.45) is 0 Å². The molecule has 3 rings (SSSR count). The number of nitrogens with zero attached hydrogens (tertiary/aromatic N) is 3. The number of benzene rings is 1. The van der Waals surface area contributed by atoms with E-state index in [9.17, 15) is 5.11 Å². The second kappa shape index (κ2) is 3.18. The van der Waals surface area contributed by atoms with Gasteiger partial charge in [0.05, 0.1) is 11.0 Å². The summed E-state index contributed by atoms with van der Waals surface area (Å²) in [6, 6.07) is 5.14. The van der Waals surface area contributed by atoms with Gasteiger partial charge in [-0.3, -0.25) is 0 Å². The first kappa shape index (κ1) is 9.59. The molecule has 16 heavy (non-hydrogen) atoms. The van der Waals surface area contributed by atoms with Gasteiger partial charge in [0.25, 0.3) is 0 Å². The predicted molar refractivity (Wildman–Crippen MR) is 64.1 cm³/mol. The van der Waals surface area contributed by atoms with Gasteiger partial charge in [-0.1, -0.05) is 25.2 Å². The summed E-state index contributed by atoms with van der Waals surface area (Å²) < 4.78 is 1.80. The van der Waals surface area contributed by atoms with Crippen LogP contribution in [-0.2, 0) is 0 Å². The van der Waals surface area contributed by atoms with Crippen molar-refractivity contribution in [3.05, 3.63) is 23.2 Å². The van der Waals surface area contributed by atoms with Gasteiger partial charge in [0.15, 0.2) is 0 Å². The van der Waals surface area contributed by atoms with E-state index >= 15 is 0 Å². The number of imidazole rings is 1. The Kier molecular flexibility index (Phi) is 1.91. The van der Waals surface area contributed by atoms with Gasteiger partial charge in [-0.05, 0) is 12.1 Å². The fraction of sp³-hybridized carbons (Fsp3) is 0.273. The zero-order chi connectivity index (χ0) is 11.3. The summed E-state index contributed by atoms with van der Waals surface area (Å²) >= 11 is 1.60. The topological polar surface area (TPSA) is 50.4 Å². The van der Waals surface area contributed by atoms with Gasteiger partial charge in [-0.2, -0.15) is 5.10 Å². The first-order valence-corrected chi connectivity index (χ1v) is 5.95. The van der Waals surface area contributed by atoms with Crippen LogP contribution >= 0.6 is 11.3 Å². The van der Waals surface area contributed by atoms with E-state index in [-0.39, 0.29) is 5.75 Å². The molecular formula is C11H11N3OS. The van der Waals surface area contributed by atoms with E-state index in [1.165, 1.54) is 0 Å². The Hall–Kier alpha value is -1.62. The highest BCUT2D eigenvalue weighted by molar-refractivity contribution is 7.16. The third-order valence-electron chi connectivity index (χ3n) is 2.47. The molecule has 82 valence electrons. The summed E-state index contributed by atoms with van der Waals surface area (Å²) in [6.07, 6.45) is 0. The largest absolute Gasteiger partial charge is 0.508 e. The summed E-state index contributed by atoms with van der Waals surface area (Å²) in [7, 11) is 0. The molecule has 0 aliphatic heterocycles. The van der Waals surface area contributed by atoms with Gasteiger partial charge in [-0.25, -0.2) is 9.50 Å². The summed E-state index contributed by atoms with van der Waals surface area (Å²) in [4.78, 5) is 5.35. The molecule has 3 aromatic rings. The van der Waals surface area contributed by atoms with Crippen LogP contribution < -0.4 is 0 Å². The number of hydrogen-bond donors (Lipinski definition) is 1. The van der Waals surface area contributed by atoms with Crippen LogP contribution in [0.2, 0.25) is 0 Å². The number of aromatic hydroxyl groups is 1. The number of fused-ring (bicyclic) bond motifs is 3. The number of phenols is 1. The zero-order valence-corrected chi connectivity index (χ0v) is 9.82. The minimum absolute atomic E-state index is 0.244. The van der Waals surface area contributed by atoms with E-state index in [1.807, 2.05) is 0 Å². The summed E-state index contributed by atoms with van der Waals surface area (Å²) in [5.74, 6) is 0.646. The highest BCUT2D eigenvalue weighted by atomic mass is 32.1. The van der Waals surface area contributed by atoms with Crippen LogP contribution in [0.3, 0.4) is 0 Å². The van der Waals surface area contributed by atoms with Crippen LogP contribution in [0, 0.1) is 0 Å². The standard InChI is InChI=1S/C11H11N3OS/c1-6(2)10-13-14-9-5-7(15)3-4-8(9)12-11(14)16-10/h3-6,15H,1-2H3. The van der Waals surface area contributed by atoms with Gasteiger partial charge in [0.1, 0.15) is 10.8 Å². The van der Waals surface area contributed by atoms with Crippen molar-refractivity contribution in [3.63, 3.8) is 0 Å². The normalized spacial score (nSPS) is 11.9. The fourth-order valence-electron chi connectivity index (χ4n) is 1.64. The second-order valence-corrected chi connectivity index (χ2v) is 5.06. The molecule has 0 saturated carbocycles. The summed E-state index contributed by atoms with van der Waals surface area (Å²) in [5.41, 5.74) is 1.73. The molecule has 1 aromatic carbocycles. The van der Waals surface area contributed by atoms with Crippen molar-refractivity contribution in [1.29, 1.82) is 0 Å². The molecule has 0 saturated heterocycles. The van der Waals surface area contributed by atoms with Crippen LogP contribution in [-0.4, -0.2) is 19.7 Å². The maximum atomic E-state index is 9.46. The molecule has 0 unspecified atom stereocenters. The van der Waals surface area contributed by atoms with E-state index in [1.54, 1.807) is 34.1 Å². The molecule has 5 heteroatoms. The van der Waals surface area contributed by atoms with Gasteiger partial charge in [-0.15, -0.1) is 0 Å². The first-order valence-electron chi connectivity index (χ1n) is 5.13. The molecule has 1 N–H and O–H groups in total. The van der Waals surface area contributed by atoms with Crippen LogP contribution in [0.4, 0.5) is 0 Å². The lowest BCUT2D eigenvalue weighted by Crippen LogP contribution is -1.89. The third-order valence-corrected chi connectivity index (χ3v) is 3.68. The molecule has 0 spiro atoms. The Morgan fingerprint density at radius 1 is 1.38 bits per heavy atom. The lowest BCUT2D eigenvalue weighted by Gasteiger charge is -1.95. The Morgan fingerprint density at radius 2 is 2.19 bits per heavy atom. The molecule has 2 heterocycles. The lowest BCUT2D eigenvalue weighted by atomic mass is 10.2. The first-order chi connectivity index (χ1) is 7.65. The lowest BCUT2D eigenvalue weighted by molar-refractivity contribution is 0.476. The van der Waals surface area contributed by atoms with Crippen LogP contribution in [0.1, 0.15) is 24.8 Å². The van der Waals surface area contributed by atoms with Crippen molar-refractivity contribution in [1.82, 2.24) is 14.6 Å². The van der Waals surface area contributed by atoms with Crippen molar-refractivity contribution in [3.8, 4) is 5.75 Å². The van der Waals surface area contributed by atoms with Gasteiger partial charge < -0.3 is 5.11 Å². The van der Waals surface area contributed by atoms with Gasteiger partial charge in [0.2, 0.25) is 4.96 Å². The minimum atomic E-state index is 0.244. The highest BCUT2D eigenvalue weighted by Gasteiger charge is 2.12. The fourth-order valence-corrected chi connectivity index (χ4v) is 2.55. The molecule has 0 atom stereocenters. The second-order valence-electron chi connectivity index (χ2n) is 4.07. The van der Waals surface area contributed by atoms with Crippen LogP contribution in [0.25, 0.3) is 16.0 Å². The van der Waals surface area contributed by atoms with Crippen molar-refractivity contribution < 1.29 is 5.11 Å². The Morgan fingerprint density at radius 3 is 2.94 bits per heavy atom. The summed E-state index contributed by atoms with van der Waals surface area (Å²) in [6.45, 7) is 4.22. The maximum absolute atomic E-state index is 9.46. The number of phenolic OH excluding ortho intramolecular Hbond substituents is 1. The smallest absolute Gasteiger partial charge is 0.213 e. The van der Waals surface area contributed by atoms with Gasteiger partial charge >= 0.3 is 0 Å². The molecule has 0 aliphatic rings. The Labute approximate surface area is 96.2 Å². The summed E-state index contributed by atoms with van der Waals surface area (Å²) in [5, 5.41) is 15.0. The maximum Gasteiger partial charge on any atom is 0.213 e. The Bertz CT molecular complexity index is 668. The quantitative estimate of drug-likeness (QED) is 0.703. The minimum Gasteiger partial charge on any atom is -0.508 e. The van der Waals surface area contributed by atoms with E-state index in [0.29, 0.717) is 5.92 Å². The molecule has 2 aromatic heterocycles. The molecule has 0 radical (unpaired) electrons. The van der Waals surface area contributed by atoms with Crippen molar-refractivity contribution in [2.45, 2.75) is 19.8 Å². The number of rotatable bonds is 1. The highest BCUT2D eigenvalue weighted by Crippen LogP contribution is 2.27. The molecule has 0 aliphatic carbocycles. The molecule has 0 amide bonds. The van der Waals surface area contributed by atoms with E-state index in [4.69, 9.17) is 0 Å². The van der Waals surface area contributed by atoms with Crippen LogP contribution in [0.5, 0.6) is 5.75 Å². The molecule has 0 bridgehead atoms. The SMILES string of the molecule is CC(C)c1nn2c(nc3ccc(O)cc32)s1. The van der Waals surface area contributed by atoms with Crippen molar-refractivity contribution in [2.75, 3.05) is 0 Å². The molecule has 0 fully saturated rings. The predicted octanol–water partition coefficient (Wildman–Crippen LogP) is 2.77. The molecule has 4 nitrogen and oxygen atoms in total. The average molecular weight is 233 g/mol. The molecular weight excluding hydrogens is 222 g/mol. The van der Waals surface area contributed by atoms with E-state index < -0.39 is 0 Å². The Balaban J connectivity index is 2.36. The number of aromatic nitrogens is 3. The third kappa shape index (κ3) is 1.28. The number of hydrogen-bond acceptors (Lipinski definition) is 4. The average Bonchev–Trinajstić information content (AvgIpc) is 2.75. The monoisotopic (exact) mass is 233 g/mol. The van der Waals surface area contributed by atoms with Crippen molar-refractivity contribution >= 4 is 27.3 Å². The zero-order valence-electron chi connectivity index (χ0n) is 9.01. The van der Waals surface area contributed by atoms with E-state index in [2.05, 4.69) is 23.9 Å². The van der Waals surface area contributed by atoms with E-state index in [0.717, 1.165) is 21.0 Å². The van der Waals surface area contributed by atoms with Gasteiger partial charge in [0, 0.05) is 12.0 Å². The van der Waals surface area contributed by atoms with Crippen LogP contribution in [0.15, 0.2) is 18.2 Å².